The molecule has 3 rings (SSSR count). The quantitative estimate of drug-likeness (QED) is 0.683. The predicted molar refractivity (Wildman–Crippen MR) is 121 cm³/mol. The fourth-order valence-corrected chi connectivity index (χ4v) is 3.98. The van der Waals surface area contributed by atoms with E-state index in [4.69, 9.17) is 5.73 Å². The average molecular weight is 424 g/mol. The summed E-state index contributed by atoms with van der Waals surface area (Å²) >= 11 is 0. The van der Waals surface area contributed by atoms with E-state index >= 15 is 0 Å². The summed E-state index contributed by atoms with van der Waals surface area (Å²) in [6.07, 6.45) is 5.39. The van der Waals surface area contributed by atoms with E-state index in [1.165, 1.54) is 5.56 Å². The highest BCUT2D eigenvalue weighted by molar-refractivity contribution is 5.77. The first kappa shape index (κ1) is 22.7. The summed E-state index contributed by atoms with van der Waals surface area (Å²) in [4.78, 5) is 32.5. The third-order valence-electron chi connectivity index (χ3n) is 5.71. The molecule has 1 unspecified atom stereocenters. The smallest absolute Gasteiger partial charge is 0.318 e. The first-order chi connectivity index (χ1) is 14.9. The molecule has 0 bridgehead atoms. The summed E-state index contributed by atoms with van der Waals surface area (Å²) in [5, 5.41) is 3.05. The number of nitrogens with one attached hydrogen (secondary N) is 1. The number of nitrogens with zero attached hydrogens (tertiary/aromatic N) is 3. The van der Waals surface area contributed by atoms with Crippen molar-refractivity contribution in [2.75, 3.05) is 13.1 Å². The molecule has 0 radical (unpaired) electrons. The molecule has 0 aliphatic carbocycles. The number of aromatic nitrogens is 1. The third kappa shape index (κ3) is 6.79. The maximum Gasteiger partial charge on any atom is 0.318 e. The molecule has 1 aliphatic heterocycles. The van der Waals surface area contributed by atoms with E-state index in [9.17, 15) is 9.59 Å². The molecule has 1 aliphatic rings. The third-order valence-corrected chi connectivity index (χ3v) is 5.71. The van der Waals surface area contributed by atoms with Gasteiger partial charge in [0.25, 0.3) is 0 Å². The van der Waals surface area contributed by atoms with Gasteiger partial charge in [-0.3, -0.25) is 14.7 Å². The molecule has 1 atom stereocenters. The summed E-state index contributed by atoms with van der Waals surface area (Å²) in [5.41, 5.74) is 8.73. The Balaban J connectivity index is 1.56. The number of carbonyl (C=O) groups excluding carboxylic acids is 2. The number of likely N-dealkylation sites (tertiary alicyclic amines) is 1. The van der Waals surface area contributed by atoms with Gasteiger partial charge >= 0.3 is 6.03 Å². The van der Waals surface area contributed by atoms with Crippen molar-refractivity contribution in [3.63, 3.8) is 0 Å². The second-order valence-electron chi connectivity index (χ2n) is 8.54. The summed E-state index contributed by atoms with van der Waals surface area (Å²) in [6, 6.07) is 12.1. The van der Waals surface area contributed by atoms with Gasteiger partial charge in [0.1, 0.15) is 0 Å². The van der Waals surface area contributed by atoms with Crippen LogP contribution >= 0.6 is 0 Å². The van der Waals surface area contributed by atoms with Gasteiger partial charge in [0, 0.05) is 44.6 Å². The van der Waals surface area contributed by atoms with E-state index in [-0.39, 0.29) is 23.9 Å². The van der Waals surface area contributed by atoms with Gasteiger partial charge in [0.05, 0.1) is 5.92 Å². The minimum Gasteiger partial charge on any atom is -0.369 e. The van der Waals surface area contributed by atoms with Gasteiger partial charge in [0.2, 0.25) is 5.91 Å². The molecule has 0 saturated carbocycles. The minimum absolute atomic E-state index is 0.0574. The van der Waals surface area contributed by atoms with Gasteiger partial charge in [-0.2, -0.15) is 0 Å². The number of benzene rings is 1. The Kier molecular flexibility index (Phi) is 8.00. The standard InChI is InChI=1S/C24H33N5O2/c1-18(2)29(16-21-8-4-10-26-13-21)24(31)27-14-19-6-3-7-20(12-19)15-28-11-5-9-22(17-28)23(25)30/h3-4,6-8,10,12-13,18,22H,5,9,11,14-17H2,1-2H3,(H2,25,30)(H,27,31). The lowest BCUT2D eigenvalue weighted by molar-refractivity contribution is -0.123. The van der Waals surface area contributed by atoms with E-state index in [0.717, 1.165) is 37.1 Å². The van der Waals surface area contributed by atoms with Crippen molar-refractivity contribution in [3.05, 3.63) is 65.5 Å². The van der Waals surface area contributed by atoms with Gasteiger partial charge in [-0.25, -0.2) is 4.79 Å². The number of piperidine rings is 1. The Bertz CT molecular complexity index is 871. The second kappa shape index (κ2) is 10.9. The first-order valence-electron chi connectivity index (χ1n) is 10.9. The molecular weight excluding hydrogens is 390 g/mol. The summed E-state index contributed by atoms with van der Waals surface area (Å²) in [5.74, 6) is -0.264. The van der Waals surface area contributed by atoms with E-state index in [1.807, 2.05) is 38.1 Å². The molecule has 0 spiro atoms. The van der Waals surface area contributed by atoms with Crippen molar-refractivity contribution in [2.45, 2.75) is 52.4 Å². The van der Waals surface area contributed by atoms with Crippen LogP contribution in [0.1, 0.15) is 43.4 Å². The molecule has 2 heterocycles. The van der Waals surface area contributed by atoms with Crippen molar-refractivity contribution in [1.29, 1.82) is 0 Å². The number of primary amides is 1. The molecule has 3 N–H and O–H groups in total. The maximum atomic E-state index is 12.8. The van der Waals surface area contributed by atoms with E-state index < -0.39 is 0 Å². The maximum absolute atomic E-state index is 12.8. The Morgan fingerprint density at radius 1 is 1.23 bits per heavy atom. The molecule has 7 heteroatoms. The lowest BCUT2D eigenvalue weighted by Crippen LogP contribution is -2.43. The van der Waals surface area contributed by atoms with Crippen LogP contribution in [0.4, 0.5) is 4.79 Å². The summed E-state index contributed by atoms with van der Waals surface area (Å²) in [6.45, 7) is 7.48. The Labute approximate surface area is 184 Å². The SMILES string of the molecule is CC(C)N(Cc1cccnc1)C(=O)NCc1cccc(CN2CCCC(C(N)=O)C2)c1. The number of hydrogen-bond donors (Lipinski definition) is 2. The van der Waals surface area contributed by atoms with Crippen LogP contribution < -0.4 is 11.1 Å². The van der Waals surface area contributed by atoms with Crippen LogP contribution in [0.3, 0.4) is 0 Å². The van der Waals surface area contributed by atoms with Gasteiger partial charge < -0.3 is 16.0 Å². The molecule has 31 heavy (non-hydrogen) atoms. The van der Waals surface area contributed by atoms with Crippen LogP contribution in [-0.4, -0.2) is 45.9 Å². The zero-order valence-corrected chi connectivity index (χ0v) is 18.5. The molecule has 2 aromatic rings. The number of carbonyl (C=O) groups is 2. The second-order valence-corrected chi connectivity index (χ2v) is 8.54. The van der Waals surface area contributed by atoms with Crippen LogP contribution in [0.25, 0.3) is 0 Å². The van der Waals surface area contributed by atoms with E-state index in [2.05, 4.69) is 27.3 Å². The molecule has 1 aromatic heterocycles. The Morgan fingerprint density at radius 3 is 2.71 bits per heavy atom. The number of urea groups is 1. The van der Waals surface area contributed by atoms with Crippen molar-refractivity contribution in [2.24, 2.45) is 11.7 Å². The monoisotopic (exact) mass is 423 g/mol. The largest absolute Gasteiger partial charge is 0.369 e. The van der Waals surface area contributed by atoms with Gasteiger partial charge in [-0.15, -0.1) is 0 Å². The van der Waals surface area contributed by atoms with Crippen molar-refractivity contribution < 1.29 is 9.59 Å². The van der Waals surface area contributed by atoms with E-state index in [0.29, 0.717) is 19.6 Å². The molecule has 1 saturated heterocycles. The molecule has 7 nitrogen and oxygen atoms in total. The molecule has 1 fully saturated rings. The number of pyridine rings is 1. The fraction of sp³-hybridized carbons (Fsp3) is 0.458. The number of amides is 3. The Morgan fingerprint density at radius 2 is 2.00 bits per heavy atom. The van der Waals surface area contributed by atoms with Gasteiger partial charge in [-0.05, 0) is 56.0 Å². The molecule has 166 valence electrons. The highest BCUT2D eigenvalue weighted by Gasteiger charge is 2.24. The average Bonchev–Trinajstić information content (AvgIpc) is 2.77. The molecular formula is C24H33N5O2. The number of rotatable bonds is 8. The van der Waals surface area contributed by atoms with Crippen molar-refractivity contribution >= 4 is 11.9 Å². The number of nitrogens with two attached hydrogens (primary N) is 1. The van der Waals surface area contributed by atoms with Crippen molar-refractivity contribution in [1.82, 2.24) is 20.1 Å². The zero-order valence-electron chi connectivity index (χ0n) is 18.5. The highest BCUT2D eigenvalue weighted by Crippen LogP contribution is 2.19. The van der Waals surface area contributed by atoms with Crippen LogP contribution in [-0.2, 0) is 24.4 Å². The zero-order chi connectivity index (χ0) is 22.2. The van der Waals surface area contributed by atoms with Crippen LogP contribution in [0.5, 0.6) is 0 Å². The van der Waals surface area contributed by atoms with Crippen LogP contribution in [0, 0.1) is 5.92 Å². The summed E-state index contributed by atoms with van der Waals surface area (Å²) in [7, 11) is 0. The topological polar surface area (TPSA) is 91.6 Å². The Hall–Kier alpha value is -2.93. The van der Waals surface area contributed by atoms with Gasteiger partial charge in [0.15, 0.2) is 0 Å². The van der Waals surface area contributed by atoms with Crippen LogP contribution in [0.2, 0.25) is 0 Å². The highest BCUT2D eigenvalue weighted by atomic mass is 16.2. The summed E-state index contributed by atoms with van der Waals surface area (Å²) < 4.78 is 0. The van der Waals surface area contributed by atoms with Crippen molar-refractivity contribution in [3.8, 4) is 0 Å². The lowest BCUT2D eigenvalue weighted by Gasteiger charge is -2.31. The minimum atomic E-state index is -0.206. The molecule has 3 amide bonds. The lowest BCUT2D eigenvalue weighted by atomic mass is 9.97. The fourth-order valence-electron chi connectivity index (χ4n) is 3.98. The van der Waals surface area contributed by atoms with Gasteiger partial charge in [-0.1, -0.05) is 30.3 Å². The number of hydrogen-bond acceptors (Lipinski definition) is 4. The predicted octanol–water partition coefficient (Wildman–Crippen LogP) is 2.90. The molecule has 1 aromatic carbocycles. The van der Waals surface area contributed by atoms with E-state index in [1.54, 1.807) is 17.3 Å². The van der Waals surface area contributed by atoms with Crippen LogP contribution in [0.15, 0.2) is 48.8 Å². The first-order valence-corrected chi connectivity index (χ1v) is 10.9. The normalized spacial score (nSPS) is 16.8.